The SMILES string of the molecule is C1CCCCOOOOOCCCC1. The van der Waals surface area contributed by atoms with Crippen LogP contribution in [0.15, 0.2) is 0 Å². The fourth-order valence-corrected chi connectivity index (χ4v) is 1.32. The molecule has 5 nitrogen and oxygen atoms in total. The van der Waals surface area contributed by atoms with Crippen LogP contribution in [0.5, 0.6) is 0 Å². The summed E-state index contributed by atoms with van der Waals surface area (Å²) in [5.41, 5.74) is 0. The molecule has 0 atom stereocenters. The van der Waals surface area contributed by atoms with Crippen LogP contribution in [0.2, 0.25) is 0 Å². The van der Waals surface area contributed by atoms with Crippen molar-refractivity contribution in [2.24, 2.45) is 0 Å². The first-order chi connectivity index (χ1) is 7.00. The van der Waals surface area contributed by atoms with Crippen LogP contribution < -0.4 is 0 Å². The van der Waals surface area contributed by atoms with Gasteiger partial charge in [0, 0.05) is 0 Å². The summed E-state index contributed by atoms with van der Waals surface area (Å²) in [5.74, 6) is 0. The molecular formula is C9H18O5. The van der Waals surface area contributed by atoms with Gasteiger partial charge in [0.1, 0.15) is 0 Å². The lowest BCUT2D eigenvalue weighted by Crippen LogP contribution is -2.02. The summed E-state index contributed by atoms with van der Waals surface area (Å²) in [7, 11) is 0. The smallest absolute Gasteiger partial charge is 0.0855 e. The quantitative estimate of drug-likeness (QED) is 0.570. The summed E-state index contributed by atoms with van der Waals surface area (Å²) >= 11 is 0. The van der Waals surface area contributed by atoms with E-state index in [1.165, 1.54) is 32.1 Å². The van der Waals surface area contributed by atoms with E-state index in [4.69, 9.17) is 0 Å². The molecule has 0 saturated carbocycles. The predicted octanol–water partition coefficient (Wildman–Crippen LogP) is 2.47. The number of hydrogen-bond donors (Lipinski definition) is 0. The van der Waals surface area contributed by atoms with E-state index in [0.29, 0.717) is 13.2 Å². The molecule has 0 unspecified atom stereocenters. The van der Waals surface area contributed by atoms with E-state index in [1.807, 2.05) is 0 Å². The molecule has 0 amide bonds. The van der Waals surface area contributed by atoms with E-state index in [-0.39, 0.29) is 0 Å². The summed E-state index contributed by atoms with van der Waals surface area (Å²) in [6.07, 6.45) is 8.07. The van der Waals surface area contributed by atoms with E-state index in [0.717, 1.165) is 12.8 Å². The summed E-state index contributed by atoms with van der Waals surface area (Å²) in [6.45, 7) is 1.03. The molecule has 5 heteroatoms. The van der Waals surface area contributed by atoms with Gasteiger partial charge in [-0.1, -0.05) is 32.1 Å². The van der Waals surface area contributed by atoms with E-state index >= 15 is 0 Å². The molecule has 0 aromatic rings. The van der Waals surface area contributed by atoms with Gasteiger partial charge in [-0.25, -0.2) is 9.78 Å². The fourth-order valence-electron chi connectivity index (χ4n) is 1.32. The zero-order valence-corrected chi connectivity index (χ0v) is 8.41. The highest BCUT2D eigenvalue weighted by molar-refractivity contribution is 4.45. The van der Waals surface area contributed by atoms with Crippen LogP contribution in [-0.4, -0.2) is 13.2 Å². The normalized spacial score (nSPS) is 24.0. The Bertz CT molecular complexity index is 66.5. The molecular weight excluding hydrogens is 188 g/mol. The highest BCUT2D eigenvalue weighted by atomic mass is 17.8. The molecule has 0 bridgehead atoms. The highest BCUT2D eigenvalue weighted by Gasteiger charge is 1.97. The van der Waals surface area contributed by atoms with Gasteiger partial charge in [-0.15, -0.1) is 0 Å². The Labute approximate surface area is 83.9 Å². The first-order valence-corrected chi connectivity index (χ1v) is 5.24. The maximum atomic E-state index is 4.65. The van der Waals surface area contributed by atoms with E-state index in [1.54, 1.807) is 0 Å². The summed E-state index contributed by atoms with van der Waals surface area (Å²) in [5, 5.41) is 12.6. The van der Waals surface area contributed by atoms with Crippen LogP contribution in [0.25, 0.3) is 0 Å². The molecule has 0 N–H and O–H groups in total. The van der Waals surface area contributed by atoms with Crippen LogP contribution in [0.4, 0.5) is 0 Å². The third-order valence-corrected chi connectivity index (χ3v) is 2.11. The second kappa shape index (κ2) is 9.36. The Kier molecular flexibility index (Phi) is 7.94. The maximum absolute atomic E-state index is 4.65. The lowest BCUT2D eigenvalue weighted by Gasteiger charge is -2.05. The average molecular weight is 206 g/mol. The van der Waals surface area contributed by atoms with Gasteiger partial charge in [-0.2, -0.15) is 0 Å². The third kappa shape index (κ3) is 7.23. The van der Waals surface area contributed by atoms with E-state index in [2.05, 4.69) is 24.9 Å². The molecule has 84 valence electrons. The van der Waals surface area contributed by atoms with Crippen molar-refractivity contribution in [1.29, 1.82) is 0 Å². The average Bonchev–Trinajstić information content (AvgIpc) is 2.22. The van der Waals surface area contributed by atoms with Crippen molar-refractivity contribution in [1.82, 2.24) is 0 Å². The summed E-state index contributed by atoms with van der Waals surface area (Å²) < 4.78 is 0. The molecule has 0 aromatic heterocycles. The van der Waals surface area contributed by atoms with Gasteiger partial charge in [0.05, 0.1) is 13.2 Å². The monoisotopic (exact) mass is 206 g/mol. The fraction of sp³-hybridized carbons (Fsp3) is 1.00. The summed E-state index contributed by atoms with van der Waals surface area (Å²) in [4.78, 5) is 9.30. The zero-order valence-electron chi connectivity index (χ0n) is 8.41. The van der Waals surface area contributed by atoms with Crippen LogP contribution in [-0.2, 0) is 24.9 Å². The number of hydrogen-bond acceptors (Lipinski definition) is 5. The van der Waals surface area contributed by atoms with Gasteiger partial charge >= 0.3 is 0 Å². The maximum Gasteiger partial charge on any atom is 0.0855 e. The standard InChI is InChI=1S/C9H18O5/c1-2-4-6-8-10-12-14-13-11-9-7-5-3-1/h1-9H2. The van der Waals surface area contributed by atoms with Crippen molar-refractivity contribution < 1.29 is 24.9 Å². The number of rotatable bonds is 0. The minimum atomic E-state index is 0.517. The van der Waals surface area contributed by atoms with Gasteiger partial charge in [0.15, 0.2) is 0 Å². The topological polar surface area (TPSA) is 46.2 Å². The molecule has 1 aliphatic heterocycles. The van der Waals surface area contributed by atoms with E-state index in [9.17, 15) is 0 Å². The molecule has 0 spiro atoms. The lowest BCUT2D eigenvalue weighted by molar-refractivity contribution is -0.708. The van der Waals surface area contributed by atoms with Crippen molar-refractivity contribution in [3.8, 4) is 0 Å². The van der Waals surface area contributed by atoms with Crippen molar-refractivity contribution >= 4 is 0 Å². The minimum absolute atomic E-state index is 0.517. The molecule has 1 heterocycles. The van der Waals surface area contributed by atoms with Gasteiger partial charge in [-0.05, 0) is 28.0 Å². The second-order valence-corrected chi connectivity index (χ2v) is 3.32. The molecule has 1 saturated heterocycles. The molecule has 1 fully saturated rings. The van der Waals surface area contributed by atoms with Gasteiger partial charge in [0.2, 0.25) is 0 Å². The molecule has 0 aliphatic carbocycles. The van der Waals surface area contributed by atoms with Gasteiger partial charge in [0.25, 0.3) is 0 Å². The van der Waals surface area contributed by atoms with Crippen molar-refractivity contribution in [2.75, 3.05) is 13.2 Å². The largest absolute Gasteiger partial charge is 0.204 e. The van der Waals surface area contributed by atoms with Crippen LogP contribution in [0.1, 0.15) is 44.9 Å². The second-order valence-electron chi connectivity index (χ2n) is 3.32. The molecule has 0 radical (unpaired) electrons. The molecule has 1 aliphatic rings. The third-order valence-electron chi connectivity index (χ3n) is 2.11. The summed E-state index contributed by atoms with van der Waals surface area (Å²) in [6, 6.07) is 0. The van der Waals surface area contributed by atoms with Crippen LogP contribution in [0, 0.1) is 0 Å². The highest BCUT2D eigenvalue weighted by Crippen LogP contribution is 2.08. The van der Waals surface area contributed by atoms with Crippen LogP contribution >= 0.6 is 0 Å². The van der Waals surface area contributed by atoms with Crippen molar-refractivity contribution in [3.63, 3.8) is 0 Å². The predicted molar refractivity (Wildman–Crippen MR) is 47.5 cm³/mol. The lowest BCUT2D eigenvalue weighted by atomic mass is 10.1. The Morgan fingerprint density at radius 1 is 0.429 bits per heavy atom. The first kappa shape index (κ1) is 11.9. The van der Waals surface area contributed by atoms with E-state index < -0.39 is 0 Å². The molecule has 0 aromatic carbocycles. The van der Waals surface area contributed by atoms with Crippen LogP contribution in [0.3, 0.4) is 0 Å². The van der Waals surface area contributed by atoms with Gasteiger partial charge < -0.3 is 0 Å². The zero-order chi connectivity index (χ0) is 9.90. The van der Waals surface area contributed by atoms with Gasteiger partial charge in [-0.3, -0.25) is 0 Å². The van der Waals surface area contributed by atoms with Crippen molar-refractivity contribution in [3.05, 3.63) is 0 Å². The first-order valence-electron chi connectivity index (χ1n) is 5.24. The Hall–Kier alpha value is -0.200. The Morgan fingerprint density at radius 2 is 0.857 bits per heavy atom. The molecule has 14 heavy (non-hydrogen) atoms. The Morgan fingerprint density at radius 3 is 1.36 bits per heavy atom. The van der Waals surface area contributed by atoms with Crippen molar-refractivity contribution in [2.45, 2.75) is 44.9 Å². The minimum Gasteiger partial charge on any atom is -0.204 e. The Balaban J connectivity index is 2.00. The molecule has 1 rings (SSSR count).